The quantitative estimate of drug-likeness (QED) is 0.744. The molecule has 4 nitrogen and oxygen atoms in total. The highest BCUT2D eigenvalue weighted by atomic mass is 32.1. The van der Waals surface area contributed by atoms with E-state index in [1.54, 1.807) is 11.3 Å². The van der Waals surface area contributed by atoms with E-state index in [1.807, 2.05) is 18.3 Å². The number of fused-ring (bicyclic) bond motifs is 2. The number of aromatic amines is 1. The van der Waals surface area contributed by atoms with Gasteiger partial charge in [-0.1, -0.05) is 25.1 Å². The maximum atomic E-state index is 12.3. The lowest BCUT2D eigenvalue weighted by Crippen LogP contribution is -2.12. The van der Waals surface area contributed by atoms with Gasteiger partial charge in [0.15, 0.2) is 5.13 Å². The van der Waals surface area contributed by atoms with Gasteiger partial charge in [-0.05, 0) is 43.2 Å². The summed E-state index contributed by atoms with van der Waals surface area (Å²) in [4.78, 5) is 21.5. The lowest BCUT2D eigenvalue weighted by Gasteiger charge is -2.15. The lowest BCUT2D eigenvalue weighted by molar-refractivity contribution is -0.116. The van der Waals surface area contributed by atoms with Crippen molar-refractivity contribution in [3.05, 3.63) is 46.6 Å². The summed E-state index contributed by atoms with van der Waals surface area (Å²) in [6.45, 7) is 2.28. The largest absolute Gasteiger partial charge is 0.361 e. The standard InChI is InChI=1S/C19H21N3OS/c1-12-6-8-16-17(10-12)24-19(21-16)22-18(23)9-7-13-11-20-15-5-3-2-4-14(13)15/h2-5,11-12,20H,6-10H2,1H3,(H,21,22,23). The summed E-state index contributed by atoms with van der Waals surface area (Å²) in [5.74, 6) is 0.766. The maximum Gasteiger partial charge on any atom is 0.226 e. The molecular weight excluding hydrogens is 318 g/mol. The molecule has 1 atom stereocenters. The average molecular weight is 339 g/mol. The van der Waals surface area contributed by atoms with Crippen molar-refractivity contribution in [1.82, 2.24) is 9.97 Å². The van der Waals surface area contributed by atoms with E-state index < -0.39 is 0 Å². The number of thiazole rings is 1. The third kappa shape index (κ3) is 3.08. The predicted molar refractivity (Wildman–Crippen MR) is 98.6 cm³/mol. The van der Waals surface area contributed by atoms with E-state index in [0.717, 1.165) is 35.8 Å². The van der Waals surface area contributed by atoms with Crippen molar-refractivity contribution in [3.8, 4) is 0 Å². The fourth-order valence-corrected chi connectivity index (χ4v) is 4.55. The van der Waals surface area contributed by atoms with Crippen molar-refractivity contribution in [2.45, 2.75) is 39.0 Å². The highest BCUT2D eigenvalue weighted by molar-refractivity contribution is 7.15. The van der Waals surface area contributed by atoms with E-state index in [2.05, 4.69) is 34.3 Å². The lowest BCUT2D eigenvalue weighted by atomic mass is 9.93. The normalized spacial score (nSPS) is 17.0. The van der Waals surface area contributed by atoms with Gasteiger partial charge < -0.3 is 10.3 Å². The summed E-state index contributed by atoms with van der Waals surface area (Å²) in [6.07, 6.45) is 6.54. The fourth-order valence-electron chi connectivity index (χ4n) is 3.36. The number of rotatable bonds is 4. The minimum Gasteiger partial charge on any atom is -0.361 e. The molecule has 0 saturated heterocycles. The van der Waals surface area contributed by atoms with Gasteiger partial charge in [-0.25, -0.2) is 4.98 Å². The van der Waals surface area contributed by atoms with Crippen LogP contribution in [0.5, 0.6) is 0 Å². The molecule has 124 valence electrons. The molecule has 0 saturated carbocycles. The maximum absolute atomic E-state index is 12.3. The van der Waals surface area contributed by atoms with Crippen LogP contribution in [0.1, 0.15) is 35.9 Å². The first-order valence-corrected chi connectivity index (χ1v) is 9.34. The Balaban J connectivity index is 1.39. The molecule has 24 heavy (non-hydrogen) atoms. The van der Waals surface area contributed by atoms with Crippen LogP contribution < -0.4 is 5.32 Å². The Bertz CT molecular complexity index is 880. The Morgan fingerprint density at radius 2 is 2.29 bits per heavy atom. The number of aryl methyl sites for hydroxylation is 2. The fraction of sp³-hybridized carbons (Fsp3) is 0.368. The van der Waals surface area contributed by atoms with E-state index in [9.17, 15) is 4.79 Å². The van der Waals surface area contributed by atoms with Crippen molar-refractivity contribution in [1.29, 1.82) is 0 Å². The van der Waals surface area contributed by atoms with Crippen LogP contribution in [0.15, 0.2) is 30.5 Å². The molecule has 0 fully saturated rings. The van der Waals surface area contributed by atoms with Gasteiger partial charge in [0.05, 0.1) is 5.69 Å². The Kier molecular flexibility index (Phi) is 4.10. The van der Waals surface area contributed by atoms with Crippen LogP contribution in [0.4, 0.5) is 5.13 Å². The highest BCUT2D eigenvalue weighted by Crippen LogP contribution is 2.32. The van der Waals surface area contributed by atoms with Crippen LogP contribution in [-0.2, 0) is 24.1 Å². The Morgan fingerprint density at radius 3 is 3.21 bits per heavy atom. The van der Waals surface area contributed by atoms with Gasteiger partial charge >= 0.3 is 0 Å². The summed E-state index contributed by atoms with van der Waals surface area (Å²) in [6, 6.07) is 8.19. The Morgan fingerprint density at radius 1 is 1.42 bits per heavy atom. The van der Waals surface area contributed by atoms with Crippen LogP contribution in [0.25, 0.3) is 10.9 Å². The molecule has 0 spiro atoms. The highest BCUT2D eigenvalue weighted by Gasteiger charge is 2.20. The van der Waals surface area contributed by atoms with Gasteiger partial charge in [0.25, 0.3) is 0 Å². The van der Waals surface area contributed by atoms with Crippen molar-refractivity contribution >= 4 is 33.3 Å². The number of para-hydroxylation sites is 1. The molecule has 4 rings (SSSR count). The SMILES string of the molecule is CC1CCc2nc(NC(=O)CCc3c[nH]c4ccccc34)sc2C1. The number of amides is 1. The molecule has 0 aliphatic heterocycles. The first-order valence-electron chi connectivity index (χ1n) is 8.52. The van der Waals surface area contributed by atoms with E-state index in [4.69, 9.17) is 0 Å². The molecule has 2 aromatic heterocycles. The number of aromatic nitrogens is 2. The van der Waals surface area contributed by atoms with Crippen LogP contribution >= 0.6 is 11.3 Å². The smallest absolute Gasteiger partial charge is 0.226 e. The van der Waals surface area contributed by atoms with Gasteiger partial charge in [-0.15, -0.1) is 11.3 Å². The minimum atomic E-state index is 0.0411. The summed E-state index contributed by atoms with van der Waals surface area (Å²) < 4.78 is 0. The van der Waals surface area contributed by atoms with E-state index in [1.165, 1.54) is 27.9 Å². The first kappa shape index (κ1) is 15.4. The third-order valence-corrected chi connectivity index (χ3v) is 5.76. The first-order chi connectivity index (χ1) is 11.7. The van der Waals surface area contributed by atoms with Gasteiger partial charge in [0.1, 0.15) is 0 Å². The van der Waals surface area contributed by atoms with Gasteiger partial charge in [-0.3, -0.25) is 4.79 Å². The number of benzene rings is 1. The third-order valence-electron chi connectivity index (χ3n) is 4.73. The van der Waals surface area contributed by atoms with Crippen LogP contribution in [0.2, 0.25) is 0 Å². The molecule has 5 heteroatoms. The van der Waals surface area contributed by atoms with Crippen molar-refractivity contribution in [2.75, 3.05) is 5.32 Å². The van der Waals surface area contributed by atoms with E-state index >= 15 is 0 Å². The van der Waals surface area contributed by atoms with E-state index in [0.29, 0.717) is 6.42 Å². The molecule has 3 aromatic rings. The average Bonchev–Trinajstić information content (AvgIpc) is 3.16. The number of anilines is 1. The number of hydrogen-bond donors (Lipinski definition) is 2. The van der Waals surface area contributed by atoms with Crippen LogP contribution in [-0.4, -0.2) is 15.9 Å². The zero-order valence-corrected chi connectivity index (χ0v) is 14.6. The van der Waals surface area contributed by atoms with Crippen molar-refractivity contribution < 1.29 is 4.79 Å². The molecular formula is C19H21N3OS. The van der Waals surface area contributed by atoms with Gasteiger partial charge in [0, 0.05) is 28.4 Å². The predicted octanol–water partition coefficient (Wildman–Crippen LogP) is 4.32. The molecule has 2 N–H and O–H groups in total. The zero-order chi connectivity index (χ0) is 16.5. The molecule has 0 bridgehead atoms. The number of carbonyl (C=O) groups is 1. The molecule has 1 aliphatic carbocycles. The summed E-state index contributed by atoms with van der Waals surface area (Å²) in [7, 11) is 0. The van der Waals surface area contributed by atoms with Crippen LogP contribution in [0, 0.1) is 5.92 Å². The molecule has 2 heterocycles. The molecule has 0 radical (unpaired) electrons. The molecule has 1 amide bonds. The van der Waals surface area contributed by atoms with Crippen molar-refractivity contribution in [2.24, 2.45) is 5.92 Å². The monoisotopic (exact) mass is 339 g/mol. The second kappa shape index (κ2) is 6.40. The number of nitrogens with zero attached hydrogens (tertiary/aromatic N) is 1. The van der Waals surface area contributed by atoms with Gasteiger partial charge in [0.2, 0.25) is 5.91 Å². The summed E-state index contributed by atoms with van der Waals surface area (Å²) in [5.41, 5.74) is 3.49. The second-order valence-corrected chi connectivity index (χ2v) is 7.73. The number of H-pyrrole nitrogens is 1. The summed E-state index contributed by atoms with van der Waals surface area (Å²) in [5, 5.41) is 4.94. The molecule has 1 aromatic carbocycles. The van der Waals surface area contributed by atoms with Gasteiger partial charge in [-0.2, -0.15) is 0 Å². The second-order valence-electron chi connectivity index (χ2n) is 6.64. The van der Waals surface area contributed by atoms with E-state index in [-0.39, 0.29) is 5.91 Å². The van der Waals surface area contributed by atoms with Crippen molar-refractivity contribution in [3.63, 3.8) is 0 Å². The molecule has 1 aliphatic rings. The number of carbonyl (C=O) groups excluding carboxylic acids is 1. The topological polar surface area (TPSA) is 57.8 Å². The van der Waals surface area contributed by atoms with Crippen LogP contribution in [0.3, 0.4) is 0 Å². The summed E-state index contributed by atoms with van der Waals surface area (Å²) >= 11 is 1.64. The minimum absolute atomic E-state index is 0.0411. The molecule has 1 unspecified atom stereocenters. The Labute approximate surface area is 145 Å². The zero-order valence-electron chi connectivity index (χ0n) is 13.8. The Hall–Kier alpha value is -2.14. The number of hydrogen-bond acceptors (Lipinski definition) is 3. The number of nitrogens with one attached hydrogen (secondary N) is 2.